The lowest BCUT2D eigenvalue weighted by Gasteiger charge is -2.34. The van der Waals surface area contributed by atoms with Gasteiger partial charge in [0.05, 0.1) is 24.2 Å². The molecule has 0 unspecified atom stereocenters. The average Bonchev–Trinajstić information content (AvgIpc) is 3.28. The first-order chi connectivity index (χ1) is 20.6. The van der Waals surface area contributed by atoms with Crippen LogP contribution in [-0.4, -0.2) is 51.7 Å². The van der Waals surface area contributed by atoms with Crippen LogP contribution in [0.3, 0.4) is 0 Å². The smallest absolute Gasteiger partial charge is 0.203 e. The minimum atomic E-state index is -0.271. The molecule has 5 aromatic rings. The van der Waals surface area contributed by atoms with E-state index in [1.807, 2.05) is 12.1 Å². The Hall–Kier alpha value is -4.20. The van der Waals surface area contributed by atoms with Crippen LogP contribution in [0.4, 0.5) is 4.39 Å². The molecule has 1 fully saturated rings. The summed E-state index contributed by atoms with van der Waals surface area (Å²) < 4.78 is 23.1. The normalized spacial score (nSPS) is 14.4. The van der Waals surface area contributed by atoms with E-state index in [1.54, 1.807) is 12.1 Å². The van der Waals surface area contributed by atoms with Gasteiger partial charge in [-0.2, -0.15) is 0 Å². The Bertz CT molecular complexity index is 1640. The number of aryl methyl sites for hydroxylation is 1. The summed E-state index contributed by atoms with van der Waals surface area (Å²) in [6.45, 7) is 8.18. The minimum Gasteiger partial charge on any atom is -0.494 e. The highest BCUT2D eigenvalue weighted by molar-refractivity contribution is 5.76. The molecule has 6 rings (SSSR count). The number of para-hydroxylation sites is 2. The van der Waals surface area contributed by atoms with Crippen LogP contribution < -0.4 is 10.4 Å². The van der Waals surface area contributed by atoms with Crippen LogP contribution in [0.5, 0.6) is 5.75 Å². The first-order valence-electron chi connectivity index (χ1n) is 14.8. The Morgan fingerprint density at radius 3 is 1.74 bits per heavy atom. The summed E-state index contributed by atoms with van der Waals surface area (Å²) in [6, 6.07) is 33.9. The lowest BCUT2D eigenvalue weighted by Crippen LogP contribution is -2.45. The molecule has 0 spiro atoms. The van der Waals surface area contributed by atoms with Gasteiger partial charge in [-0.15, -0.1) is 0 Å². The standard InChI is InChI=1S/C35H38FN5O/c36-31-15-17-32(18-16-31)42-24-6-19-40-33-9-4-5-10-34(33)41(35(40)37)27-30-13-11-29(12-14-30)26-39-22-20-38(21-23-39)25-28-7-2-1-3-8-28/h1-5,7-18,37H,6,19-27H2. The topological polar surface area (TPSA) is 49.4 Å². The van der Waals surface area contributed by atoms with Gasteiger partial charge in [0, 0.05) is 45.8 Å². The number of aromatic nitrogens is 2. The zero-order valence-corrected chi connectivity index (χ0v) is 24.0. The maximum atomic E-state index is 13.1. The molecule has 0 radical (unpaired) electrons. The number of piperazine rings is 1. The molecule has 4 aromatic carbocycles. The third kappa shape index (κ3) is 6.81. The van der Waals surface area contributed by atoms with Gasteiger partial charge in [-0.05, 0) is 59.5 Å². The second-order valence-corrected chi connectivity index (χ2v) is 11.1. The maximum Gasteiger partial charge on any atom is 0.203 e. The van der Waals surface area contributed by atoms with Gasteiger partial charge in [-0.3, -0.25) is 15.2 Å². The molecule has 0 saturated carbocycles. The number of halogens is 1. The molecule has 1 aromatic heterocycles. The van der Waals surface area contributed by atoms with Crippen LogP contribution >= 0.6 is 0 Å². The lowest BCUT2D eigenvalue weighted by atomic mass is 10.1. The minimum absolute atomic E-state index is 0.271. The third-order valence-corrected chi connectivity index (χ3v) is 8.07. The fourth-order valence-electron chi connectivity index (χ4n) is 5.76. The number of nitrogens with zero attached hydrogens (tertiary/aromatic N) is 4. The largest absolute Gasteiger partial charge is 0.494 e. The second-order valence-electron chi connectivity index (χ2n) is 11.1. The Labute approximate surface area is 246 Å². The van der Waals surface area contributed by atoms with Gasteiger partial charge < -0.3 is 13.9 Å². The highest BCUT2D eigenvalue weighted by Crippen LogP contribution is 2.17. The van der Waals surface area contributed by atoms with Gasteiger partial charge in [0.15, 0.2) is 0 Å². The summed E-state index contributed by atoms with van der Waals surface area (Å²) in [7, 11) is 0. The first-order valence-corrected chi connectivity index (χ1v) is 14.8. The summed E-state index contributed by atoms with van der Waals surface area (Å²) in [5.41, 5.74) is 6.49. The summed E-state index contributed by atoms with van der Waals surface area (Å²) in [4.78, 5) is 5.08. The zero-order chi connectivity index (χ0) is 28.7. The van der Waals surface area contributed by atoms with Gasteiger partial charge >= 0.3 is 0 Å². The fourth-order valence-corrected chi connectivity index (χ4v) is 5.76. The molecule has 216 valence electrons. The molecule has 1 aliphatic rings. The zero-order valence-electron chi connectivity index (χ0n) is 24.0. The fraction of sp³-hybridized carbons (Fsp3) is 0.286. The molecule has 1 saturated heterocycles. The monoisotopic (exact) mass is 563 g/mol. The van der Waals surface area contributed by atoms with Crippen molar-refractivity contribution in [2.75, 3.05) is 32.8 Å². The van der Waals surface area contributed by atoms with Crippen LogP contribution in [0.2, 0.25) is 0 Å². The number of imidazole rings is 1. The van der Waals surface area contributed by atoms with Crippen LogP contribution in [0.25, 0.3) is 11.0 Å². The van der Waals surface area contributed by atoms with Crippen molar-refractivity contribution in [3.05, 3.63) is 131 Å². The van der Waals surface area contributed by atoms with Crippen LogP contribution in [-0.2, 0) is 26.2 Å². The molecule has 42 heavy (non-hydrogen) atoms. The number of benzene rings is 4. The molecule has 1 aliphatic heterocycles. The molecule has 6 nitrogen and oxygen atoms in total. The number of rotatable bonds is 11. The SMILES string of the molecule is N=c1n(CCCOc2ccc(F)cc2)c2ccccc2n1Cc1ccc(CN2CCN(Cc3ccccc3)CC2)cc1. The Morgan fingerprint density at radius 1 is 0.595 bits per heavy atom. The van der Waals surface area contributed by atoms with Gasteiger partial charge in [0.2, 0.25) is 5.62 Å². The van der Waals surface area contributed by atoms with Gasteiger partial charge in [-0.25, -0.2) is 4.39 Å². The van der Waals surface area contributed by atoms with E-state index in [-0.39, 0.29) is 5.82 Å². The van der Waals surface area contributed by atoms with E-state index < -0.39 is 0 Å². The molecule has 0 bridgehead atoms. The Balaban J connectivity index is 1.05. The van der Waals surface area contributed by atoms with E-state index in [9.17, 15) is 4.39 Å². The molecule has 0 aliphatic carbocycles. The third-order valence-electron chi connectivity index (χ3n) is 8.07. The quantitative estimate of drug-likeness (QED) is 0.204. The van der Waals surface area contributed by atoms with Crippen molar-refractivity contribution in [3.8, 4) is 5.75 Å². The van der Waals surface area contributed by atoms with Crippen molar-refractivity contribution in [2.45, 2.75) is 32.6 Å². The first kappa shape index (κ1) is 27.9. The number of nitrogens with one attached hydrogen (secondary N) is 1. The van der Waals surface area contributed by atoms with Crippen molar-refractivity contribution in [1.29, 1.82) is 5.41 Å². The van der Waals surface area contributed by atoms with E-state index in [0.29, 0.717) is 31.1 Å². The van der Waals surface area contributed by atoms with Crippen molar-refractivity contribution < 1.29 is 9.13 Å². The predicted molar refractivity (Wildman–Crippen MR) is 165 cm³/mol. The summed E-state index contributed by atoms with van der Waals surface area (Å²) in [6.07, 6.45) is 0.747. The van der Waals surface area contributed by atoms with E-state index in [4.69, 9.17) is 10.1 Å². The molecule has 1 N–H and O–H groups in total. The molecular formula is C35H38FN5O. The van der Waals surface area contributed by atoms with E-state index in [2.05, 4.69) is 85.7 Å². The van der Waals surface area contributed by atoms with Crippen LogP contribution in [0.1, 0.15) is 23.1 Å². The maximum absolute atomic E-state index is 13.1. The molecule has 0 atom stereocenters. The number of hydrogen-bond donors (Lipinski definition) is 1. The summed E-state index contributed by atoms with van der Waals surface area (Å²) in [5, 5.41) is 8.98. The second kappa shape index (κ2) is 13.2. The van der Waals surface area contributed by atoms with Gasteiger partial charge in [-0.1, -0.05) is 66.7 Å². The highest BCUT2D eigenvalue weighted by Gasteiger charge is 2.17. The molecule has 7 heteroatoms. The van der Waals surface area contributed by atoms with E-state index >= 15 is 0 Å². The predicted octanol–water partition coefficient (Wildman–Crippen LogP) is 5.90. The average molecular weight is 564 g/mol. The highest BCUT2D eigenvalue weighted by atomic mass is 19.1. The van der Waals surface area contributed by atoms with E-state index in [0.717, 1.165) is 56.7 Å². The van der Waals surface area contributed by atoms with Crippen molar-refractivity contribution in [2.24, 2.45) is 0 Å². The van der Waals surface area contributed by atoms with Gasteiger partial charge in [0.25, 0.3) is 0 Å². The summed E-state index contributed by atoms with van der Waals surface area (Å²) in [5.74, 6) is 0.385. The van der Waals surface area contributed by atoms with Crippen LogP contribution in [0.15, 0.2) is 103 Å². The van der Waals surface area contributed by atoms with E-state index in [1.165, 1.54) is 28.8 Å². The number of fused-ring (bicyclic) bond motifs is 1. The Morgan fingerprint density at radius 2 is 1.12 bits per heavy atom. The van der Waals surface area contributed by atoms with Crippen molar-refractivity contribution in [3.63, 3.8) is 0 Å². The van der Waals surface area contributed by atoms with Crippen molar-refractivity contribution in [1.82, 2.24) is 18.9 Å². The number of ether oxygens (including phenoxy) is 1. The molecule has 0 amide bonds. The van der Waals surface area contributed by atoms with Crippen LogP contribution in [0, 0.1) is 11.2 Å². The van der Waals surface area contributed by atoms with Crippen molar-refractivity contribution >= 4 is 11.0 Å². The Kier molecular flexibility index (Phi) is 8.78. The molecule has 2 heterocycles. The molecular weight excluding hydrogens is 525 g/mol. The lowest BCUT2D eigenvalue weighted by molar-refractivity contribution is 0.122. The number of hydrogen-bond acceptors (Lipinski definition) is 4. The van der Waals surface area contributed by atoms with Gasteiger partial charge in [0.1, 0.15) is 11.6 Å². The summed E-state index contributed by atoms with van der Waals surface area (Å²) >= 11 is 0.